The highest BCUT2D eigenvalue weighted by Crippen LogP contribution is 2.12. The highest BCUT2D eigenvalue weighted by atomic mass is 32.2. The normalized spacial score (nSPS) is 19.2. The summed E-state index contributed by atoms with van der Waals surface area (Å²) in [5, 5.41) is 0. The van der Waals surface area contributed by atoms with Crippen LogP contribution in [0.5, 0.6) is 5.75 Å². The van der Waals surface area contributed by atoms with Crippen LogP contribution in [-0.2, 0) is 22.0 Å². The Bertz CT molecular complexity index is 386. The average Bonchev–Trinajstić information content (AvgIpc) is 2.26. The molecule has 0 amide bonds. The van der Waals surface area contributed by atoms with E-state index in [1.54, 1.807) is 24.3 Å². The summed E-state index contributed by atoms with van der Waals surface area (Å²) in [4.78, 5) is 0. The van der Waals surface area contributed by atoms with Gasteiger partial charge in [0, 0.05) is 0 Å². The van der Waals surface area contributed by atoms with E-state index in [0.29, 0.717) is 11.3 Å². The lowest BCUT2D eigenvalue weighted by molar-refractivity contribution is 0.354. The zero-order valence-corrected chi connectivity index (χ0v) is 8.06. The maximum absolute atomic E-state index is 7.22. The topological polar surface area (TPSA) is 18.5 Å². The molecule has 0 saturated heterocycles. The molecule has 0 aliphatic rings. The molecule has 1 rings (SSSR count). The molecule has 0 aliphatic heterocycles. The van der Waals surface area contributed by atoms with Gasteiger partial charge in [-0.2, -0.15) is 4.18 Å². The number of hydrogen-bond acceptors (Lipinski definition) is 2. The predicted molar refractivity (Wildman–Crippen MR) is 57.0 cm³/mol. The predicted octanol–water partition coefficient (Wildman–Crippen LogP) is 2.00. The molecule has 0 atom stereocenters. The minimum Gasteiger partial charge on any atom is -0.497 e. The number of benzene rings is 1. The monoisotopic (exact) mass is 205 g/mol. The van der Waals surface area contributed by atoms with Gasteiger partial charge in [-0.3, -0.25) is 0 Å². The van der Waals surface area contributed by atoms with Crippen LogP contribution < -0.4 is 4.74 Å². The zero-order valence-electron chi connectivity index (χ0n) is 13.2. The summed E-state index contributed by atoms with van der Waals surface area (Å²) >= 11 is -2.10. The summed E-state index contributed by atoms with van der Waals surface area (Å²) in [5.41, 5.74) is 0.687. The van der Waals surface area contributed by atoms with E-state index >= 15 is 0 Å². The Morgan fingerprint density at radius 2 is 2.00 bits per heavy atom. The number of hydrogen-bond donors (Lipinski definition) is 0. The molecule has 0 aromatic heterocycles. The second-order valence-electron chi connectivity index (χ2n) is 2.38. The van der Waals surface area contributed by atoms with Gasteiger partial charge < -0.3 is 4.74 Å². The van der Waals surface area contributed by atoms with Gasteiger partial charge in [-0.1, -0.05) is 12.1 Å². The van der Waals surface area contributed by atoms with E-state index in [1.807, 2.05) is 0 Å². The molecule has 13 heavy (non-hydrogen) atoms. The van der Waals surface area contributed by atoms with Gasteiger partial charge in [-0.25, -0.2) is 0 Å². The molecule has 72 valence electrons. The lowest BCUT2D eigenvalue weighted by Gasteiger charge is -2.01. The summed E-state index contributed by atoms with van der Waals surface area (Å²) in [5.74, 6) is 0.661. The maximum atomic E-state index is 7.22. The molecule has 0 N–H and O–H groups in total. The van der Waals surface area contributed by atoms with Crippen LogP contribution in [0.2, 0.25) is 0 Å². The van der Waals surface area contributed by atoms with Crippen molar-refractivity contribution in [1.29, 1.82) is 0 Å². The van der Waals surface area contributed by atoms with E-state index in [1.165, 1.54) is 7.11 Å². The Labute approximate surface area is 90.8 Å². The molecule has 0 heterocycles. The number of rotatable bonds is 4. The van der Waals surface area contributed by atoms with Crippen molar-refractivity contribution < 1.29 is 17.1 Å². The first kappa shape index (κ1) is 4.71. The minimum absolute atomic E-state index is 0.0656. The molecule has 0 unspecified atom stereocenters. The summed E-state index contributed by atoms with van der Waals surface area (Å²) < 4.78 is 53.4. The molecule has 3 heteroatoms. The van der Waals surface area contributed by atoms with Crippen molar-refractivity contribution in [3.8, 4) is 5.75 Å². The zero-order chi connectivity index (χ0) is 14.7. The first-order valence-electron chi connectivity index (χ1n) is 6.65. The van der Waals surface area contributed by atoms with Crippen molar-refractivity contribution in [2.45, 2.75) is 6.61 Å². The SMILES string of the molecule is [2H]C([2H])([2H])[S+](OCc1ccc(OC)cc1)C([2H])([2H])[2H]. The van der Waals surface area contributed by atoms with Gasteiger partial charge in [-0.15, -0.1) is 0 Å². The van der Waals surface area contributed by atoms with Gasteiger partial charge in [0.2, 0.25) is 0 Å². The van der Waals surface area contributed by atoms with Gasteiger partial charge in [0.1, 0.15) is 35.9 Å². The molecule has 2 nitrogen and oxygen atoms in total. The van der Waals surface area contributed by atoms with E-state index in [9.17, 15) is 0 Å². The molecular formula is C10H15O2S+. The molecule has 0 fully saturated rings. The Kier molecular flexibility index (Phi) is 1.86. The van der Waals surface area contributed by atoms with E-state index in [2.05, 4.69) is 0 Å². The summed E-state index contributed by atoms with van der Waals surface area (Å²) in [7, 11) is 1.53. The standard InChI is InChI=1S/C10H15O2S/c1-11-10-6-4-9(5-7-10)8-12-13(2)3/h4-7H,8H2,1-3H3/q+1/i2D3,3D3. The van der Waals surface area contributed by atoms with Gasteiger partial charge in [-0.05, 0) is 17.7 Å². The second kappa shape index (κ2) is 5.14. The molecule has 0 radical (unpaired) electrons. The van der Waals surface area contributed by atoms with Crippen LogP contribution in [0.3, 0.4) is 0 Å². The van der Waals surface area contributed by atoms with Crippen molar-refractivity contribution in [3.05, 3.63) is 29.8 Å². The summed E-state index contributed by atoms with van der Waals surface area (Å²) in [6.45, 7) is -0.0656. The number of methoxy groups -OCH3 is 1. The van der Waals surface area contributed by atoms with Crippen LogP contribution in [0.4, 0.5) is 0 Å². The fraction of sp³-hybridized carbons (Fsp3) is 0.400. The van der Waals surface area contributed by atoms with Crippen molar-refractivity contribution in [1.82, 2.24) is 0 Å². The van der Waals surface area contributed by atoms with Crippen LogP contribution in [0.15, 0.2) is 24.3 Å². The van der Waals surface area contributed by atoms with Crippen molar-refractivity contribution in [2.75, 3.05) is 19.5 Å². The third-order valence-corrected chi connectivity index (χ3v) is 1.86. The van der Waals surface area contributed by atoms with Crippen LogP contribution in [-0.4, -0.2) is 19.5 Å². The third kappa shape index (κ3) is 3.70. The van der Waals surface area contributed by atoms with E-state index in [-0.39, 0.29) is 6.61 Å². The van der Waals surface area contributed by atoms with E-state index in [4.69, 9.17) is 17.1 Å². The second-order valence-corrected chi connectivity index (χ2v) is 3.15. The van der Waals surface area contributed by atoms with Crippen LogP contribution in [0, 0.1) is 0 Å². The van der Waals surface area contributed by atoms with Crippen molar-refractivity contribution >= 4 is 11.2 Å². The first-order valence-corrected chi connectivity index (χ1v) is 4.80. The molecular weight excluding hydrogens is 184 g/mol. The van der Waals surface area contributed by atoms with Gasteiger partial charge in [0.05, 0.1) is 15.3 Å². The van der Waals surface area contributed by atoms with E-state index < -0.39 is 23.5 Å². The van der Waals surface area contributed by atoms with Crippen LogP contribution in [0.1, 0.15) is 13.8 Å². The summed E-state index contributed by atoms with van der Waals surface area (Å²) in [6, 6.07) is 6.78. The lowest BCUT2D eigenvalue weighted by atomic mass is 10.2. The van der Waals surface area contributed by atoms with E-state index in [0.717, 1.165) is 0 Å². The highest BCUT2D eigenvalue weighted by molar-refractivity contribution is 7.90. The molecule has 1 aromatic carbocycles. The molecule has 0 aliphatic carbocycles. The largest absolute Gasteiger partial charge is 0.497 e. The van der Waals surface area contributed by atoms with Gasteiger partial charge in [0.15, 0.2) is 0 Å². The fourth-order valence-corrected chi connectivity index (χ4v) is 1.10. The quantitative estimate of drug-likeness (QED) is 0.700. The molecule has 0 bridgehead atoms. The van der Waals surface area contributed by atoms with Crippen molar-refractivity contribution in [3.63, 3.8) is 0 Å². The average molecular weight is 205 g/mol. The van der Waals surface area contributed by atoms with Gasteiger partial charge in [0.25, 0.3) is 0 Å². The molecule has 0 spiro atoms. The molecule has 0 saturated carbocycles. The fourth-order valence-electron chi connectivity index (χ4n) is 0.849. The minimum atomic E-state index is -2.66. The third-order valence-electron chi connectivity index (χ3n) is 1.50. The first-order chi connectivity index (χ1) is 8.64. The Balaban J connectivity index is 2.71. The molecule has 1 aromatic rings. The Morgan fingerprint density at radius 1 is 1.31 bits per heavy atom. The van der Waals surface area contributed by atoms with Crippen LogP contribution in [0.25, 0.3) is 0 Å². The van der Waals surface area contributed by atoms with Crippen molar-refractivity contribution in [2.24, 2.45) is 0 Å². The highest BCUT2D eigenvalue weighted by Gasteiger charge is 2.03. The Hall–Kier alpha value is -0.670. The van der Waals surface area contributed by atoms with Crippen LogP contribution >= 0.6 is 0 Å². The number of ether oxygens (including phenoxy) is 1. The Morgan fingerprint density at radius 3 is 2.54 bits per heavy atom. The smallest absolute Gasteiger partial charge is 0.141 e. The van der Waals surface area contributed by atoms with Gasteiger partial charge >= 0.3 is 0 Å². The summed E-state index contributed by atoms with van der Waals surface area (Å²) in [6.07, 6.45) is -5.31. The lowest BCUT2D eigenvalue weighted by Crippen LogP contribution is -2.01. The maximum Gasteiger partial charge on any atom is 0.141 e.